The average Bonchev–Trinajstić information content (AvgIpc) is 2.12. The van der Waals surface area contributed by atoms with Gasteiger partial charge in [-0.3, -0.25) is 4.79 Å². The Balaban J connectivity index is 2.13. The lowest BCUT2D eigenvalue weighted by Gasteiger charge is -2.29. The Kier molecular flexibility index (Phi) is 1.13. The highest BCUT2D eigenvalue weighted by molar-refractivity contribution is 5.88. The zero-order valence-electron chi connectivity index (χ0n) is 5.53. The second kappa shape index (κ2) is 1.80. The van der Waals surface area contributed by atoms with E-state index >= 15 is 0 Å². The molecule has 0 aliphatic heterocycles. The van der Waals surface area contributed by atoms with Crippen molar-refractivity contribution >= 4 is 5.78 Å². The highest BCUT2D eigenvalue weighted by atomic mass is 16.3. The first kappa shape index (κ1) is 6.31. The summed E-state index contributed by atoms with van der Waals surface area (Å²) < 4.78 is 0. The lowest BCUT2D eigenvalue weighted by Crippen LogP contribution is -2.38. The molecule has 2 aliphatic rings. The maximum absolute atomic E-state index is 10.8. The van der Waals surface area contributed by atoms with Crippen molar-refractivity contribution < 1.29 is 15.0 Å². The number of rotatable bonds is 0. The van der Waals surface area contributed by atoms with Crippen LogP contribution in [0.25, 0.3) is 0 Å². The van der Waals surface area contributed by atoms with E-state index in [0.717, 1.165) is 0 Å². The van der Waals surface area contributed by atoms with Crippen molar-refractivity contribution in [2.75, 3.05) is 0 Å². The van der Waals surface area contributed by atoms with Crippen LogP contribution in [0.2, 0.25) is 0 Å². The summed E-state index contributed by atoms with van der Waals surface area (Å²) in [7, 11) is 0. The number of hydrogen-bond acceptors (Lipinski definition) is 3. The van der Waals surface area contributed by atoms with E-state index in [-0.39, 0.29) is 17.6 Å². The average molecular weight is 142 g/mol. The Bertz CT molecular complexity index is 178. The first-order chi connectivity index (χ1) is 4.70. The molecule has 56 valence electrons. The van der Waals surface area contributed by atoms with E-state index in [1.807, 2.05) is 0 Å². The molecule has 10 heavy (non-hydrogen) atoms. The SMILES string of the molecule is O=C1CC2C1CC(O)C2O. The van der Waals surface area contributed by atoms with Gasteiger partial charge in [-0.1, -0.05) is 0 Å². The molecule has 0 spiro atoms. The highest BCUT2D eigenvalue weighted by Gasteiger charge is 2.52. The van der Waals surface area contributed by atoms with Gasteiger partial charge in [0.15, 0.2) is 0 Å². The molecule has 0 saturated heterocycles. The zero-order chi connectivity index (χ0) is 7.30. The molecule has 2 N–H and O–H groups in total. The zero-order valence-corrected chi connectivity index (χ0v) is 5.53. The van der Waals surface area contributed by atoms with Gasteiger partial charge in [0.25, 0.3) is 0 Å². The maximum Gasteiger partial charge on any atom is 0.136 e. The number of fused-ring (bicyclic) bond motifs is 1. The minimum absolute atomic E-state index is 0.0231. The summed E-state index contributed by atoms with van der Waals surface area (Å²) in [6.07, 6.45) is -0.336. The first-order valence-electron chi connectivity index (χ1n) is 3.59. The molecule has 2 saturated carbocycles. The normalized spacial score (nSPS) is 52.4. The predicted molar refractivity (Wildman–Crippen MR) is 33.2 cm³/mol. The van der Waals surface area contributed by atoms with E-state index in [1.165, 1.54) is 0 Å². The number of aliphatic hydroxyl groups excluding tert-OH is 2. The van der Waals surface area contributed by atoms with Gasteiger partial charge in [-0.15, -0.1) is 0 Å². The van der Waals surface area contributed by atoms with Gasteiger partial charge in [-0.25, -0.2) is 0 Å². The van der Waals surface area contributed by atoms with Crippen LogP contribution in [0.4, 0.5) is 0 Å². The third kappa shape index (κ3) is 0.592. The minimum atomic E-state index is -0.651. The molecule has 4 atom stereocenters. The topological polar surface area (TPSA) is 57.5 Å². The maximum atomic E-state index is 10.8. The molecule has 4 unspecified atom stereocenters. The van der Waals surface area contributed by atoms with Crippen molar-refractivity contribution in [1.82, 2.24) is 0 Å². The van der Waals surface area contributed by atoms with Gasteiger partial charge in [0.05, 0.1) is 12.2 Å². The number of carbonyl (C=O) groups excluding carboxylic acids is 1. The fourth-order valence-electron chi connectivity index (χ4n) is 1.95. The smallest absolute Gasteiger partial charge is 0.136 e. The second-order valence-electron chi connectivity index (χ2n) is 3.23. The molecule has 0 bridgehead atoms. The Morgan fingerprint density at radius 2 is 2.10 bits per heavy atom. The van der Waals surface area contributed by atoms with E-state index in [2.05, 4.69) is 0 Å². The van der Waals surface area contributed by atoms with Crippen LogP contribution in [-0.4, -0.2) is 28.2 Å². The molecule has 2 rings (SSSR count). The Hall–Kier alpha value is -0.410. The first-order valence-corrected chi connectivity index (χ1v) is 3.59. The number of hydrogen-bond donors (Lipinski definition) is 2. The quantitative estimate of drug-likeness (QED) is 0.471. The van der Waals surface area contributed by atoms with Crippen molar-refractivity contribution in [2.45, 2.75) is 25.0 Å². The van der Waals surface area contributed by atoms with Gasteiger partial charge in [0, 0.05) is 18.3 Å². The number of ketones is 1. The highest BCUT2D eigenvalue weighted by Crippen LogP contribution is 2.44. The van der Waals surface area contributed by atoms with Crippen LogP contribution in [0.15, 0.2) is 0 Å². The van der Waals surface area contributed by atoms with Crippen LogP contribution in [0.3, 0.4) is 0 Å². The molecule has 0 heterocycles. The van der Waals surface area contributed by atoms with Gasteiger partial charge in [0.2, 0.25) is 0 Å². The molecule has 0 radical (unpaired) electrons. The summed E-state index contributed by atoms with van der Waals surface area (Å²) in [4.78, 5) is 10.8. The van der Waals surface area contributed by atoms with Crippen molar-refractivity contribution in [1.29, 1.82) is 0 Å². The van der Waals surface area contributed by atoms with Crippen LogP contribution in [-0.2, 0) is 4.79 Å². The van der Waals surface area contributed by atoms with Crippen LogP contribution < -0.4 is 0 Å². The molecular weight excluding hydrogens is 132 g/mol. The Morgan fingerprint density at radius 3 is 2.50 bits per heavy atom. The number of aliphatic hydroxyl groups is 2. The van der Waals surface area contributed by atoms with Crippen LogP contribution >= 0.6 is 0 Å². The van der Waals surface area contributed by atoms with Crippen molar-refractivity contribution in [3.05, 3.63) is 0 Å². The monoisotopic (exact) mass is 142 g/mol. The second-order valence-corrected chi connectivity index (χ2v) is 3.23. The van der Waals surface area contributed by atoms with Gasteiger partial charge in [-0.05, 0) is 6.42 Å². The van der Waals surface area contributed by atoms with Gasteiger partial charge in [-0.2, -0.15) is 0 Å². The Morgan fingerprint density at radius 1 is 1.40 bits per heavy atom. The van der Waals surface area contributed by atoms with Crippen LogP contribution in [0.5, 0.6) is 0 Å². The number of Topliss-reactive ketones (excluding diaryl/α,β-unsaturated/α-hetero) is 1. The molecule has 0 aromatic heterocycles. The third-order valence-electron chi connectivity index (χ3n) is 2.70. The molecule has 0 amide bonds. The predicted octanol–water partition coefficient (Wildman–Crippen LogP) is -0.683. The van der Waals surface area contributed by atoms with E-state index in [0.29, 0.717) is 12.8 Å². The van der Waals surface area contributed by atoms with Gasteiger partial charge < -0.3 is 10.2 Å². The molecule has 2 fully saturated rings. The summed E-state index contributed by atoms with van der Waals surface area (Å²) in [5.41, 5.74) is 0. The summed E-state index contributed by atoms with van der Waals surface area (Å²) in [6, 6.07) is 0. The lowest BCUT2D eigenvalue weighted by atomic mass is 9.74. The summed E-state index contributed by atoms with van der Waals surface area (Å²) in [5.74, 6) is 0.257. The lowest BCUT2D eigenvalue weighted by molar-refractivity contribution is -0.135. The molecule has 2 aliphatic carbocycles. The van der Waals surface area contributed by atoms with Gasteiger partial charge >= 0.3 is 0 Å². The molecule has 0 aromatic carbocycles. The Labute approximate surface area is 58.7 Å². The van der Waals surface area contributed by atoms with Crippen molar-refractivity contribution in [3.63, 3.8) is 0 Å². The minimum Gasteiger partial charge on any atom is -0.390 e. The van der Waals surface area contributed by atoms with E-state index < -0.39 is 12.2 Å². The van der Waals surface area contributed by atoms with E-state index in [1.54, 1.807) is 0 Å². The fraction of sp³-hybridized carbons (Fsp3) is 0.857. The number of carbonyl (C=O) groups is 1. The molecular formula is C7H10O3. The largest absolute Gasteiger partial charge is 0.390 e. The van der Waals surface area contributed by atoms with Crippen LogP contribution in [0.1, 0.15) is 12.8 Å². The molecule has 3 nitrogen and oxygen atoms in total. The summed E-state index contributed by atoms with van der Waals surface area (Å²) >= 11 is 0. The molecule has 3 heteroatoms. The van der Waals surface area contributed by atoms with Crippen molar-refractivity contribution in [2.24, 2.45) is 11.8 Å². The summed E-state index contributed by atoms with van der Waals surface area (Å²) in [5, 5.41) is 18.3. The fourth-order valence-corrected chi connectivity index (χ4v) is 1.95. The van der Waals surface area contributed by atoms with Crippen LogP contribution in [0, 0.1) is 11.8 Å². The third-order valence-corrected chi connectivity index (χ3v) is 2.70. The summed E-state index contributed by atoms with van der Waals surface area (Å²) in [6.45, 7) is 0. The van der Waals surface area contributed by atoms with E-state index in [4.69, 9.17) is 5.11 Å². The van der Waals surface area contributed by atoms with Gasteiger partial charge in [0.1, 0.15) is 5.78 Å². The molecule has 0 aromatic rings. The van der Waals surface area contributed by atoms with Crippen molar-refractivity contribution in [3.8, 4) is 0 Å². The standard InChI is InChI=1S/C7H10O3/c8-5-2-4-3(5)1-6(9)7(4)10/h3-4,6-7,9-10H,1-2H2. The van der Waals surface area contributed by atoms with E-state index in [9.17, 15) is 9.90 Å².